The van der Waals surface area contributed by atoms with Crippen molar-refractivity contribution in [2.75, 3.05) is 0 Å². The number of fused-ring (bicyclic) bond motifs is 1. The lowest BCUT2D eigenvalue weighted by Crippen LogP contribution is -2.22. The van der Waals surface area contributed by atoms with Gasteiger partial charge in [-0.05, 0) is 25.2 Å². The van der Waals surface area contributed by atoms with Crippen LogP contribution in [0.2, 0.25) is 0 Å². The minimum absolute atomic E-state index is 0.724. The van der Waals surface area contributed by atoms with Crippen molar-refractivity contribution in [2.24, 2.45) is 5.92 Å². The lowest BCUT2D eigenvalue weighted by atomic mass is 10.2. The van der Waals surface area contributed by atoms with Crippen molar-refractivity contribution >= 4 is 0 Å². The summed E-state index contributed by atoms with van der Waals surface area (Å²) in [6.45, 7) is 4.29. The number of nitrogens with zero attached hydrogens (tertiary/aromatic N) is 3. The predicted molar refractivity (Wildman–Crippen MR) is 57.4 cm³/mol. The number of hydrogen-bond acceptors (Lipinski definition) is 3. The molecule has 82 valence electrons. The van der Waals surface area contributed by atoms with Crippen LogP contribution in [0.3, 0.4) is 0 Å². The van der Waals surface area contributed by atoms with Crippen LogP contribution in [-0.2, 0) is 19.5 Å². The number of nitrogens with one attached hydrogen (secondary N) is 1. The fourth-order valence-corrected chi connectivity index (χ4v) is 2.33. The summed E-state index contributed by atoms with van der Waals surface area (Å²) in [5.74, 6) is 3.17. The van der Waals surface area contributed by atoms with Crippen molar-refractivity contribution in [1.29, 1.82) is 0 Å². The third-order valence-corrected chi connectivity index (χ3v) is 3.57. The van der Waals surface area contributed by atoms with Gasteiger partial charge in [-0.15, -0.1) is 10.2 Å². The molecule has 0 amide bonds. The predicted octanol–water partition coefficient (Wildman–Crippen LogP) is 1.11. The lowest BCUT2D eigenvalue weighted by molar-refractivity contribution is 0.495. The first-order valence-corrected chi connectivity index (χ1v) is 5.99. The summed E-state index contributed by atoms with van der Waals surface area (Å²) >= 11 is 0. The van der Waals surface area contributed by atoms with Crippen molar-refractivity contribution in [3.8, 4) is 0 Å². The Morgan fingerprint density at radius 3 is 3.07 bits per heavy atom. The van der Waals surface area contributed by atoms with E-state index in [-0.39, 0.29) is 0 Å². The quantitative estimate of drug-likeness (QED) is 0.805. The number of rotatable bonds is 3. The maximum absolute atomic E-state index is 4.27. The van der Waals surface area contributed by atoms with E-state index in [0.29, 0.717) is 0 Å². The third kappa shape index (κ3) is 1.78. The zero-order valence-electron chi connectivity index (χ0n) is 9.24. The smallest absolute Gasteiger partial charge is 0.147 e. The molecule has 0 aromatic carbocycles. The highest BCUT2D eigenvalue weighted by Gasteiger charge is 2.32. The minimum atomic E-state index is 0.724. The summed E-state index contributed by atoms with van der Waals surface area (Å²) in [5.41, 5.74) is 0. The molecule has 0 bridgehead atoms. The van der Waals surface area contributed by atoms with Crippen LogP contribution in [0, 0.1) is 5.92 Å². The van der Waals surface area contributed by atoms with Gasteiger partial charge in [0.25, 0.3) is 0 Å². The highest BCUT2D eigenvalue weighted by Crippen LogP contribution is 2.29. The van der Waals surface area contributed by atoms with Gasteiger partial charge < -0.3 is 9.88 Å². The number of hydrogen-bond donors (Lipinski definition) is 1. The molecule has 1 aliphatic carbocycles. The maximum Gasteiger partial charge on any atom is 0.147 e. The largest absolute Gasteiger partial charge is 0.314 e. The maximum atomic E-state index is 4.27. The van der Waals surface area contributed by atoms with Crippen LogP contribution in [0.5, 0.6) is 0 Å². The first-order chi connectivity index (χ1) is 7.34. The second kappa shape index (κ2) is 3.59. The molecule has 2 unspecified atom stereocenters. The second-order valence-corrected chi connectivity index (χ2v) is 4.84. The van der Waals surface area contributed by atoms with E-state index in [1.165, 1.54) is 25.1 Å². The Morgan fingerprint density at radius 1 is 1.40 bits per heavy atom. The van der Waals surface area contributed by atoms with E-state index in [4.69, 9.17) is 0 Å². The monoisotopic (exact) mass is 206 g/mol. The summed E-state index contributed by atoms with van der Waals surface area (Å²) < 4.78 is 2.30. The van der Waals surface area contributed by atoms with Crippen LogP contribution in [0.25, 0.3) is 0 Å². The van der Waals surface area contributed by atoms with Gasteiger partial charge in [-0.2, -0.15) is 0 Å². The molecule has 1 fully saturated rings. The van der Waals surface area contributed by atoms with E-state index in [0.717, 1.165) is 37.3 Å². The van der Waals surface area contributed by atoms with Gasteiger partial charge in [-0.1, -0.05) is 6.92 Å². The average molecular weight is 206 g/mol. The summed E-state index contributed by atoms with van der Waals surface area (Å²) in [7, 11) is 0. The molecule has 15 heavy (non-hydrogen) atoms. The van der Waals surface area contributed by atoms with Crippen molar-refractivity contribution < 1.29 is 0 Å². The summed E-state index contributed by atoms with van der Waals surface area (Å²) in [5, 5.41) is 12.1. The molecular weight excluding hydrogens is 188 g/mol. The first kappa shape index (κ1) is 9.33. The summed E-state index contributed by atoms with van der Waals surface area (Å²) in [6.07, 6.45) is 4.97. The fourth-order valence-electron chi connectivity index (χ4n) is 2.33. The van der Waals surface area contributed by atoms with E-state index in [1.54, 1.807) is 0 Å². The molecule has 2 atom stereocenters. The van der Waals surface area contributed by atoms with Crippen molar-refractivity contribution in [3.05, 3.63) is 11.6 Å². The van der Waals surface area contributed by atoms with Gasteiger partial charge in [0.1, 0.15) is 11.6 Å². The van der Waals surface area contributed by atoms with Crippen LogP contribution in [-0.4, -0.2) is 20.8 Å². The topological polar surface area (TPSA) is 42.7 Å². The van der Waals surface area contributed by atoms with Crippen LogP contribution in [0.15, 0.2) is 0 Å². The molecular formula is C11H18N4. The Morgan fingerprint density at radius 2 is 2.27 bits per heavy atom. The summed E-state index contributed by atoms with van der Waals surface area (Å²) in [6, 6.07) is 0.724. The molecule has 0 spiro atoms. The molecule has 1 aliphatic heterocycles. The molecule has 2 aliphatic rings. The highest BCUT2D eigenvalue weighted by molar-refractivity contribution is 5.00. The van der Waals surface area contributed by atoms with Crippen LogP contribution < -0.4 is 5.32 Å². The van der Waals surface area contributed by atoms with Crippen LogP contribution in [0.4, 0.5) is 0 Å². The van der Waals surface area contributed by atoms with Gasteiger partial charge >= 0.3 is 0 Å². The standard InChI is InChI=1S/C11H18N4/c1-8-6-9(8)12-7-11-14-13-10-4-2-3-5-15(10)11/h8-9,12H,2-7H2,1H3. The molecule has 4 heteroatoms. The molecule has 2 heterocycles. The van der Waals surface area contributed by atoms with Crippen molar-refractivity contribution in [3.63, 3.8) is 0 Å². The summed E-state index contributed by atoms with van der Waals surface area (Å²) in [4.78, 5) is 0. The zero-order chi connectivity index (χ0) is 10.3. The Kier molecular flexibility index (Phi) is 2.24. The second-order valence-electron chi connectivity index (χ2n) is 4.84. The average Bonchev–Trinajstić information content (AvgIpc) is 2.81. The van der Waals surface area contributed by atoms with E-state index in [1.807, 2.05) is 0 Å². The molecule has 1 aromatic rings. The lowest BCUT2D eigenvalue weighted by Gasteiger charge is -2.14. The minimum Gasteiger partial charge on any atom is -0.314 e. The van der Waals surface area contributed by atoms with Crippen LogP contribution in [0.1, 0.15) is 37.8 Å². The van der Waals surface area contributed by atoms with E-state index >= 15 is 0 Å². The Hall–Kier alpha value is -0.900. The van der Waals surface area contributed by atoms with Gasteiger partial charge in [-0.25, -0.2) is 0 Å². The normalized spacial score (nSPS) is 28.9. The highest BCUT2D eigenvalue weighted by atomic mass is 15.3. The van der Waals surface area contributed by atoms with Crippen molar-refractivity contribution in [2.45, 2.75) is 51.7 Å². The van der Waals surface area contributed by atoms with Crippen molar-refractivity contribution in [1.82, 2.24) is 20.1 Å². The Balaban J connectivity index is 1.66. The Bertz CT molecular complexity index is 357. The number of aryl methyl sites for hydroxylation is 1. The molecule has 1 N–H and O–H groups in total. The van der Waals surface area contributed by atoms with Gasteiger partial charge in [0.2, 0.25) is 0 Å². The zero-order valence-corrected chi connectivity index (χ0v) is 9.24. The van der Waals surface area contributed by atoms with E-state index in [2.05, 4.69) is 27.0 Å². The first-order valence-electron chi connectivity index (χ1n) is 5.99. The fraction of sp³-hybridized carbons (Fsp3) is 0.818. The van der Waals surface area contributed by atoms with Crippen LogP contribution >= 0.6 is 0 Å². The third-order valence-electron chi connectivity index (χ3n) is 3.57. The van der Waals surface area contributed by atoms with E-state index < -0.39 is 0 Å². The van der Waals surface area contributed by atoms with Gasteiger partial charge in [0.15, 0.2) is 0 Å². The van der Waals surface area contributed by atoms with Gasteiger partial charge in [0, 0.05) is 19.0 Å². The Labute approximate surface area is 90.1 Å². The van der Waals surface area contributed by atoms with Gasteiger partial charge in [-0.3, -0.25) is 0 Å². The molecule has 1 aromatic heterocycles. The molecule has 3 rings (SSSR count). The number of aromatic nitrogens is 3. The SMILES string of the molecule is CC1CC1NCc1nnc2n1CCCC2. The molecule has 1 saturated carbocycles. The molecule has 0 saturated heterocycles. The molecule has 4 nitrogen and oxygen atoms in total. The van der Waals surface area contributed by atoms with E-state index in [9.17, 15) is 0 Å². The van der Waals surface area contributed by atoms with Gasteiger partial charge in [0.05, 0.1) is 6.54 Å². The molecule has 0 radical (unpaired) electrons.